The van der Waals surface area contributed by atoms with Crippen LogP contribution in [-0.2, 0) is 0 Å². The molecular formula is C19H16ClN5O3. The number of hydrogen-bond donors (Lipinski definition) is 3. The summed E-state index contributed by atoms with van der Waals surface area (Å²) in [5.41, 5.74) is 1.36. The quantitative estimate of drug-likeness (QED) is 0.474. The van der Waals surface area contributed by atoms with E-state index in [1.807, 2.05) is 6.07 Å². The Bertz CT molecular complexity index is 1220. The first-order valence-electron chi connectivity index (χ1n) is 8.32. The summed E-state index contributed by atoms with van der Waals surface area (Å²) in [6.07, 6.45) is 0. The van der Waals surface area contributed by atoms with Crippen molar-refractivity contribution < 1.29 is 9.47 Å². The lowest BCUT2D eigenvalue weighted by atomic mass is 10.2. The normalized spacial score (nSPS) is 10.8. The van der Waals surface area contributed by atoms with Crippen molar-refractivity contribution in [2.24, 2.45) is 0 Å². The van der Waals surface area contributed by atoms with E-state index in [4.69, 9.17) is 21.1 Å². The molecule has 0 saturated heterocycles. The van der Waals surface area contributed by atoms with Gasteiger partial charge < -0.3 is 19.8 Å². The second-order valence-electron chi connectivity index (χ2n) is 5.92. The third-order valence-corrected chi connectivity index (χ3v) is 4.41. The highest BCUT2D eigenvalue weighted by Crippen LogP contribution is 2.31. The maximum Gasteiger partial charge on any atom is 0.264 e. The summed E-state index contributed by atoms with van der Waals surface area (Å²) in [7, 11) is 3.10. The molecule has 0 unspecified atom stereocenters. The van der Waals surface area contributed by atoms with Crippen LogP contribution in [0, 0.1) is 0 Å². The molecule has 0 radical (unpaired) electrons. The van der Waals surface area contributed by atoms with Gasteiger partial charge in [-0.3, -0.25) is 9.89 Å². The number of nitrogens with one attached hydrogen (secondary N) is 3. The minimum Gasteiger partial charge on any atom is -0.493 e. The Morgan fingerprint density at radius 1 is 1.07 bits per heavy atom. The van der Waals surface area contributed by atoms with Gasteiger partial charge in [-0.05, 0) is 36.4 Å². The van der Waals surface area contributed by atoms with Crippen molar-refractivity contribution >= 4 is 34.1 Å². The third kappa shape index (κ3) is 3.25. The van der Waals surface area contributed by atoms with Gasteiger partial charge in [0.15, 0.2) is 17.1 Å². The molecule has 0 aliphatic carbocycles. The molecule has 0 spiro atoms. The molecule has 0 aliphatic heterocycles. The topological polar surface area (TPSA) is 105 Å². The number of anilines is 2. The third-order valence-electron chi connectivity index (χ3n) is 4.17. The lowest BCUT2D eigenvalue weighted by molar-refractivity contribution is 0.355. The zero-order valence-corrected chi connectivity index (χ0v) is 15.8. The molecule has 3 N–H and O–H groups in total. The summed E-state index contributed by atoms with van der Waals surface area (Å²) in [6.45, 7) is 0. The van der Waals surface area contributed by atoms with E-state index >= 15 is 0 Å². The highest BCUT2D eigenvalue weighted by molar-refractivity contribution is 6.30. The average molecular weight is 398 g/mol. The van der Waals surface area contributed by atoms with Crippen LogP contribution in [-0.4, -0.2) is 34.4 Å². The zero-order valence-electron chi connectivity index (χ0n) is 15.0. The highest BCUT2D eigenvalue weighted by atomic mass is 35.5. The summed E-state index contributed by atoms with van der Waals surface area (Å²) in [5.74, 6) is 1.93. The number of nitrogens with zero attached hydrogens (tertiary/aromatic N) is 2. The van der Waals surface area contributed by atoms with E-state index < -0.39 is 0 Å². The number of rotatable bonds is 5. The molecule has 0 atom stereocenters. The summed E-state index contributed by atoms with van der Waals surface area (Å²) in [5, 5.41) is 11.0. The van der Waals surface area contributed by atoms with Gasteiger partial charge in [-0.2, -0.15) is 5.10 Å². The Morgan fingerprint density at radius 2 is 1.89 bits per heavy atom. The van der Waals surface area contributed by atoms with Crippen molar-refractivity contribution in [1.82, 2.24) is 20.2 Å². The van der Waals surface area contributed by atoms with Gasteiger partial charge in [0.2, 0.25) is 0 Å². The smallest absolute Gasteiger partial charge is 0.264 e. The molecule has 28 heavy (non-hydrogen) atoms. The molecule has 9 heteroatoms. The second-order valence-corrected chi connectivity index (χ2v) is 6.35. The first-order chi connectivity index (χ1) is 13.6. The molecule has 2 aromatic carbocycles. The van der Waals surface area contributed by atoms with Gasteiger partial charge in [0, 0.05) is 16.3 Å². The summed E-state index contributed by atoms with van der Waals surface area (Å²) in [6, 6.07) is 12.4. The van der Waals surface area contributed by atoms with Crippen molar-refractivity contribution in [3.63, 3.8) is 0 Å². The van der Waals surface area contributed by atoms with E-state index in [0.717, 1.165) is 5.69 Å². The number of aromatic amines is 2. The second kappa shape index (κ2) is 7.24. The Balaban J connectivity index is 1.75. The van der Waals surface area contributed by atoms with Crippen LogP contribution in [0.25, 0.3) is 22.4 Å². The number of halogens is 1. The highest BCUT2D eigenvalue weighted by Gasteiger charge is 2.15. The van der Waals surface area contributed by atoms with Crippen LogP contribution < -0.4 is 20.3 Å². The number of ether oxygens (including phenoxy) is 2. The molecule has 2 heterocycles. The van der Waals surface area contributed by atoms with Gasteiger partial charge in [-0.1, -0.05) is 17.7 Å². The van der Waals surface area contributed by atoms with Crippen molar-refractivity contribution in [3.8, 4) is 22.9 Å². The van der Waals surface area contributed by atoms with Crippen LogP contribution in [0.4, 0.5) is 11.5 Å². The number of H-pyrrole nitrogens is 2. The standard InChI is InChI=1S/C19H16ClN5O3/c1-27-13-7-6-10(8-14(13)28-2)16-22-18-15(19(26)23-16)17(24-25-18)21-12-5-3-4-11(20)9-12/h3-9H,1-2H3,(H3,21,22,23,24,25,26). The predicted octanol–water partition coefficient (Wildman–Crippen LogP) is 3.73. The fourth-order valence-electron chi connectivity index (χ4n) is 2.85. The summed E-state index contributed by atoms with van der Waals surface area (Å²) < 4.78 is 10.5. The SMILES string of the molecule is COc1ccc(-c2nc3n[nH]c(Nc4cccc(Cl)c4)c3c(=O)[nH]2)cc1OC. The van der Waals surface area contributed by atoms with Crippen LogP contribution in [0.1, 0.15) is 0 Å². The Morgan fingerprint density at radius 3 is 2.64 bits per heavy atom. The molecule has 0 amide bonds. The van der Waals surface area contributed by atoms with Gasteiger partial charge in [0.25, 0.3) is 5.56 Å². The Hall–Kier alpha value is -3.52. The van der Waals surface area contributed by atoms with Crippen molar-refractivity contribution in [3.05, 3.63) is 57.8 Å². The Labute approximate surface area is 164 Å². The van der Waals surface area contributed by atoms with Crippen LogP contribution >= 0.6 is 11.6 Å². The zero-order chi connectivity index (χ0) is 19.7. The van der Waals surface area contributed by atoms with Gasteiger partial charge >= 0.3 is 0 Å². The van der Waals surface area contributed by atoms with Crippen molar-refractivity contribution in [1.29, 1.82) is 0 Å². The first-order valence-corrected chi connectivity index (χ1v) is 8.70. The van der Waals surface area contributed by atoms with Crippen LogP contribution in [0.3, 0.4) is 0 Å². The van der Waals surface area contributed by atoms with E-state index in [-0.39, 0.29) is 11.2 Å². The molecule has 0 aliphatic rings. The summed E-state index contributed by atoms with van der Waals surface area (Å²) in [4.78, 5) is 20.0. The van der Waals surface area contributed by atoms with Crippen LogP contribution in [0.2, 0.25) is 5.02 Å². The van der Waals surface area contributed by atoms with Crippen LogP contribution in [0.5, 0.6) is 11.5 Å². The number of aromatic nitrogens is 4. The fourth-order valence-corrected chi connectivity index (χ4v) is 3.04. The van der Waals surface area contributed by atoms with E-state index in [1.54, 1.807) is 50.6 Å². The molecule has 2 aromatic heterocycles. The van der Waals surface area contributed by atoms with Crippen LogP contribution in [0.15, 0.2) is 47.3 Å². The lowest BCUT2D eigenvalue weighted by Gasteiger charge is -2.09. The van der Waals surface area contributed by atoms with Gasteiger partial charge in [-0.25, -0.2) is 4.98 Å². The van der Waals surface area contributed by atoms with E-state index in [0.29, 0.717) is 39.1 Å². The monoisotopic (exact) mass is 397 g/mol. The van der Waals surface area contributed by atoms with Crippen molar-refractivity contribution in [2.75, 3.05) is 19.5 Å². The van der Waals surface area contributed by atoms with E-state index in [9.17, 15) is 4.79 Å². The molecule has 0 saturated carbocycles. The number of methoxy groups -OCH3 is 2. The van der Waals surface area contributed by atoms with Crippen molar-refractivity contribution in [2.45, 2.75) is 0 Å². The average Bonchev–Trinajstić information content (AvgIpc) is 3.10. The maximum absolute atomic E-state index is 12.7. The largest absolute Gasteiger partial charge is 0.493 e. The van der Waals surface area contributed by atoms with Gasteiger partial charge in [-0.15, -0.1) is 0 Å². The lowest BCUT2D eigenvalue weighted by Crippen LogP contribution is -2.10. The molecular weight excluding hydrogens is 382 g/mol. The molecule has 4 aromatic rings. The maximum atomic E-state index is 12.7. The number of fused-ring (bicyclic) bond motifs is 1. The number of benzene rings is 2. The molecule has 142 valence electrons. The van der Waals surface area contributed by atoms with Gasteiger partial charge in [0.05, 0.1) is 14.2 Å². The summed E-state index contributed by atoms with van der Waals surface area (Å²) >= 11 is 6.00. The molecule has 0 bridgehead atoms. The van der Waals surface area contributed by atoms with E-state index in [2.05, 4.69) is 25.5 Å². The molecule has 4 rings (SSSR count). The Kier molecular flexibility index (Phi) is 4.62. The minimum absolute atomic E-state index is 0.290. The van der Waals surface area contributed by atoms with E-state index in [1.165, 1.54) is 0 Å². The minimum atomic E-state index is -0.326. The number of hydrogen-bond acceptors (Lipinski definition) is 6. The van der Waals surface area contributed by atoms with Gasteiger partial charge in [0.1, 0.15) is 17.0 Å². The first kappa shape index (κ1) is 17.9. The fraction of sp³-hybridized carbons (Fsp3) is 0.105. The molecule has 0 fully saturated rings. The predicted molar refractivity (Wildman–Crippen MR) is 108 cm³/mol. The molecule has 8 nitrogen and oxygen atoms in total.